The van der Waals surface area contributed by atoms with Crippen LogP contribution in [0.25, 0.3) is 0 Å². The van der Waals surface area contributed by atoms with Crippen molar-refractivity contribution in [1.82, 2.24) is 15.1 Å². The molecule has 1 rings (SSSR count). The highest BCUT2D eigenvalue weighted by Gasteiger charge is 2.33. The fraction of sp³-hybridized carbons (Fsp3) is 0.727. The summed E-state index contributed by atoms with van der Waals surface area (Å²) in [4.78, 5) is 0. The maximum Gasteiger partial charge on any atom is 0.435 e. The van der Waals surface area contributed by atoms with Crippen molar-refractivity contribution < 1.29 is 18.3 Å². The maximum atomic E-state index is 12.3. The highest BCUT2D eigenvalue weighted by molar-refractivity contribution is 5.03. The number of aliphatic hydroxyl groups excluding tert-OH is 1. The molecule has 1 atom stereocenters. The number of nitrogens with one attached hydrogen (secondary N) is 1. The zero-order chi connectivity index (χ0) is 13.8. The SMILES string of the molecule is CC(C)NC(CO)CCn1ccc(C(F)(F)F)n1. The van der Waals surface area contributed by atoms with Gasteiger partial charge in [-0.3, -0.25) is 4.68 Å². The molecule has 1 unspecified atom stereocenters. The second-order valence-corrected chi connectivity index (χ2v) is 4.45. The van der Waals surface area contributed by atoms with Crippen molar-refractivity contribution >= 4 is 0 Å². The van der Waals surface area contributed by atoms with Crippen molar-refractivity contribution in [3.05, 3.63) is 18.0 Å². The molecule has 7 heteroatoms. The van der Waals surface area contributed by atoms with Gasteiger partial charge in [-0.2, -0.15) is 18.3 Å². The van der Waals surface area contributed by atoms with E-state index < -0.39 is 11.9 Å². The van der Waals surface area contributed by atoms with Crippen molar-refractivity contribution in [3.63, 3.8) is 0 Å². The van der Waals surface area contributed by atoms with E-state index in [0.717, 1.165) is 6.07 Å². The minimum absolute atomic E-state index is 0.0500. The molecule has 0 radical (unpaired) electrons. The molecule has 1 aromatic heterocycles. The molecule has 18 heavy (non-hydrogen) atoms. The van der Waals surface area contributed by atoms with Crippen LogP contribution < -0.4 is 5.32 Å². The molecule has 0 saturated heterocycles. The number of aromatic nitrogens is 2. The lowest BCUT2D eigenvalue weighted by atomic mass is 10.2. The van der Waals surface area contributed by atoms with E-state index in [1.54, 1.807) is 0 Å². The average molecular weight is 265 g/mol. The number of rotatable bonds is 6. The zero-order valence-electron chi connectivity index (χ0n) is 10.4. The van der Waals surface area contributed by atoms with Crippen LogP contribution in [-0.4, -0.2) is 33.6 Å². The first-order chi connectivity index (χ1) is 8.32. The van der Waals surface area contributed by atoms with Crippen LogP contribution in [0.5, 0.6) is 0 Å². The average Bonchev–Trinajstić information content (AvgIpc) is 2.71. The van der Waals surface area contributed by atoms with Crippen molar-refractivity contribution in [2.45, 2.75) is 45.1 Å². The van der Waals surface area contributed by atoms with Gasteiger partial charge in [-0.1, -0.05) is 13.8 Å². The van der Waals surface area contributed by atoms with Crippen LogP contribution in [0.1, 0.15) is 26.0 Å². The first-order valence-electron chi connectivity index (χ1n) is 5.80. The standard InChI is InChI=1S/C11H18F3N3O/c1-8(2)15-9(7-18)3-5-17-6-4-10(16-17)11(12,13)14/h4,6,8-9,15,18H,3,5,7H2,1-2H3. The third-order valence-corrected chi connectivity index (χ3v) is 2.43. The van der Waals surface area contributed by atoms with Crippen LogP contribution in [0.4, 0.5) is 13.2 Å². The Balaban J connectivity index is 2.50. The Kier molecular flexibility index (Phi) is 5.15. The highest BCUT2D eigenvalue weighted by Crippen LogP contribution is 2.27. The molecule has 0 aliphatic heterocycles. The molecule has 0 spiro atoms. The summed E-state index contributed by atoms with van der Waals surface area (Å²) in [7, 11) is 0. The largest absolute Gasteiger partial charge is 0.435 e. The molecule has 0 aliphatic carbocycles. The Bertz CT molecular complexity index is 363. The summed E-state index contributed by atoms with van der Waals surface area (Å²) >= 11 is 0. The van der Waals surface area contributed by atoms with E-state index in [2.05, 4.69) is 10.4 Å². The quantitative estimate of drug-likeness (QED) is 0.822. The summed E-state index contributed by atoms with van der Waals surface area (Å²) < 4.78 is 38.2. The van der Waals surface area contributed by atoms with Crippen molar-refractivity contribution in [3.8, 4) is 0 Å². The smallest absolute Gasteiger partial charge is 0.395 e. The Morgan fingerprint density at radius 3 is 2.56 bits per heavy atom. The van der Waals surface area contributed by atoms with Gasteiger partial charge in [-0.15, -0.1) is 0 Å². The molecule has 0 aromatic carbocycles. The summed E-state index contributed by atoms with van der Waals surface area (Å²) in [5.41, 5.74) is -0.889. The third kappa shape index (κ3) is 4.66. The minimum atomic E-state index is -4.40. The van der Waals surface area contributed by atoms with Crippen molar-refractivity contribution in [2.24, 2.45) is 0 Å². The molecule has 0 aliphatic rings. The number of halogens is 3. The second-order valence-electron chi connectivity index (χ2n) is 4.45. The Morgan fingerprint density at radius 2 is 2.11 bits per heavy atom. The van der Waals surface area contributed by atoms with Crippen LogP contribution in [0.2, 0.25) is 0 Å². The van der Waals surface area contributed by atoms with E-state index in [1.165, 1.54) is 10.9 Å². The van der Waals surface area contributed by atoms with Crippen LogP contribution in [0.3, 0.4) is 0 Å². The van der Waals surface area contributed by atoms with Gasteiger partial charge in [0.25, 0.3) is 0 Å². The van der Waals surface area contributed by atoms with Crippen LogP contribution in [-0.2, 0) is 12.7 Å². The lowest BCUT2D eigenvalue weighted by Gasteiger charge is -2.18. The number of hydrogen-bond acceptors (Lipinski definition) is 3. The summed E-state index contributed by atoms with van der Waals surface area (Å²) in [5, 5.41) is 15.7. The molecule has 0 amide bonds. The molecule has 0 fully saturated rings. The van der Waals surface area contributed by atoms with Gasteiger partial charge in [0.1, 0.15) is 0 Å². The van der Waals surface area contributed by atoms with Gasteiger partial charge in [-0.05, 0) is 12.5 Å². The topological polar surface area (TPSA) is 50.1 Å². The summed E-state index contributed by atoms with van der Waals surface area (Å²) in [6.45, 7) is 4.17. The second kappa shape index (κ2) is 6.19. The monoisotopic (exact) mass is 265 g/mol. The molecule has 0 saturated carbocycles. The normalized spacial score (nSPS) is 14.2. The van der Waals surface area contributed by atoms with Crippen LogP contribution in [0, 0.1) is 0 Å². The van der Waals surface area contributed by atoms with E-state index in [1.807, 2.05) is 13.8 Å². The zero-order valence-corrected chi connectivity index (χ0v) is 10.4. The van der Waals surface area contributed by atoms with Crippen LogP contribution >= 0.6 is 0 Å². The minimum Gasteiger partial charge on any atom is -0.395 e. The van der Waals surface area contributed by atoms with Gasteiger partial charge in [0, 0.05) is 24.8 Å². The Morgan fingerprint density at radius 1 is 1.44 bits per heavy atom. The fourth-order valence-corrected chi connectivity index (χ4v) is 1.62. The first-order valence-corrected chi connectivity index (χ1v) is 5.80. The van der Waals surface area contributed by atoms with Crippen LogP contribution in [0.15, 0.2) is 12.3 Å². The maximum absolute atomic E-state index is 12.3. The Hall–Kier alpha value is -1.08. The lowest BCUT2D eigenvalue weighted by Crippen LogP contribution is -2.38. The van der Waals surface area contributed by atoms with Gasteiger partial charge >= 0.3 is 6.18 Å². The van der Waals surface area contributed by atoms with E-state index in [4.69, 9.17) is 5.11 Å². The number of nitrogens with zero attached hydrogens (tertiary/aromatic N) is 2. The molecule has 0 bridgehead atoms. The predicted molar refractivity (Wildman–Crippen MR) is 61.0 cm³/mol. The number of aliphatic hydroxyl groups is 1. The molecule has 4 nitrogen and oxygen atoms in total. The Labute approximate surface area is 104 Å². The van der Waals surface area contributed by atoms with Gasteiger partial charge in [0.15, 0.2) is 5.69 Å². The van der Waals surface area contributed by atoms with E-state index >= 15 is 0 Å². The van der Waals surface area contributed by atoms with Crippen molar-refractivity contribution in [2.75, 3.05) is 6.61 Å². The molecule has 1 aromatic rings. The molecule has 1 heterocycles. The third-order valence-electron chi connectivity index (χ3n) is 2.43. The van der Waals surface area contributed by atoms with E-state index in [-0.39, 0.29) is 18.7 Å². The summed E-state index contributed by atoms with van der Waals surface area (Å²) in [6.07, 6.45) is -2.59. The number of aryl methyl sites for hydroxylation is 1. The molecule has 2 N–H and O–H groups in total. The summed E-state index contributed by atoms with van der Waals surface area (Å²) in [5.74, 6) is 0. The van der Waals surface area contributed by atoms with Gasteiger partial charge in [0.2, 0.25) is 0 Å². The van der Waals surface area contributed by atoms with Crippen molar-refractivity contribution in [1.29, 1.82) is 0 Å². The molecule has 104 valence electrons. The van der Waals surface area contributed by atoms with Gasteiger partial charge in [-0.25, -0.2) is 0 Å². The highest BCUT2D eigenvalue weighted by atomic mass is 19.4. The molecular weight excluding hydrogens is 247 g/mol. The van der Waals surface area contributed by atoms with Gasteiger partial charge in [0.05, 0.1) is 6.61 Å². The number of hydrogen-bond donors (Lipinski definition) is 2. The first kappa shape index (κ1) is 15.0. The lowest BCUT2D eigenvalue weighted by molar-refractivity contribution is -0.141. The fourth-order valence-electron chi connectivity index (χ4n) is 1.62. The number of alkyl halides is 3. The summed E-state index contributed by atoms with van der Waals surface area (Å²) in [6, 6.07) is 1.03. The van der Waals surface area contributed by atoms with Gasteiger partial charge < -0.3 is 10.4 Å². The molecular formula is C11H18F3N3O. The predicted octanol–water partition coefficient (Wildman–Crippen LogP) is 1.65. The van der Waals surface area contributed by atoms with E-state index in [0.29, 0.717) is 13.0 Å². The van der Waals surface area contributed by atoms with E-state index in [9.17, 15) is 13.2 Å².